The average Bonchev–Trinajstić information content (AvgIpc) is 1.37. The second kappa shape index (κ2) is 9.09. The second-order valence-electron chi connectivity index (χ2n) is 0.455. The summed E-state index contributed by atoms with van der Waals surface area (Å²) in [7, 11) is 0. The molecule has 3 heteroatoms. The van der Waals surface area contributed by atoms with Crippen molar-refractivity contribution in [1.82, 2.24) is 0 Å². The molecule has 0 aliphatic carbocycles. The Labute approximate surface area is 63.1 Å². The van der Waals surface area contributed by atoms with Crippen molar-refractivity contribution in [3.05, 3.63) is 0 Å². The van der Waals surface area contributed by atoms with Crippen LogP contribution in [0.15, 0.2) is 0 Å². The van der Waals surface area contributed by atoms with E-state index in [4.69, 9.17) is 0 Å². The van der Waals surface area contributed by atoms with E-state index in [2.05, 4.69) is 20.4 Å². The molecule has 0 N–H and O–H groups in total. The zero-order valence-corrected chi connectivity index (χ0v) is 6.85. The molecule has 1 nitrogen and oxygen atoms in total. The first-order valence-corrected chi connectivity index (χ1v) is 1.70. The molecule has 5 heavy (non-hydrogen) atoms. The minimum atomic E-state index is 0. The van der Waals surface area contributed by atoms with Gasteiger partial charge in [0.1, 0.15) is 0 Å². The molecule has 0 saturated heterocycles. The fraction of sp³-hybridized carbons (Fsp3) is 1.00. The van der Waals surface area contributed by atoms with Gasteiger partial charge in [0.15, 0.2) is 0 Å². The van der Waals surface area contributed by atoms with Gasteiger partial charge in [-0.25, -0.2) is 0 Å². The fourth-order valence-electron chi connectivity index (χ4n) is 0. The van der Waals surface area contributed by atoms with Crippen molar-refractivity contribution in [3.8, 4) is 0 Å². The van der Waals surface area contributed by atoms with E-state index in [1.54, 1.807) is 0 Å². The molecule has 0 rings (SSSR count). The van der Waals surface area contributed by atoms with Gasteiger partial charge in [0.2, 0.25) is 0 Å². The summed E-state index contributed by atoms with van der Waals surface area (Å²) in [5, 5.41) is 0. The van der Waals surface area contributed by atoms with Crippen LogP contribution in [0.25, 0.3) is 0 Å². The molecule has 23 valence electrons. The van der Waals surface area contributed by atoms with E-state index in [9.17, 15) is 0 Å². The Balaban J connectivity index is 0. The Hall–Kier alpha value is 1.49. The molecule has 0 heterocycles. The normalized spacial score (nSPS) is 5.80. The molecule has 0 aromatic carbocycles. The quantitative estimate of drug-likeness (QED) is 0.407. The van der Waals surface area contributed by atoms with E-state index in [0.29, 0.717) is 0 Å². The smallest absolute Gasteiger partial charge is 0.369 e. The first kappa shape index (κ1) is 9.70. The van der Waals surface area contributed by atoms with Crippen LogP contribution in [-0.2, 0) is 3.79 Å². The summed E-state index contributed by atoms with van der Waals surface area (Å²) < 4.78 is 4.46. The summed E-state index contributed by atoms with van der Waals surface area (Å²) in [5.41, 5.74) is 0. The summed E-state index contributed by atoms with van der Waals surface area (Å²) in [6.45, 7) is 2.72. The Morgan fingerprint density at radius 3 is 2.00 bits per heavy atom. The van der Waals surface area contributed by atoms with Crippen molar-refractivity contribution in [3.63, 3.8) is 0 Å². The maximum Gasteiger partial charge on any atom is 0.369 e. The molecule has 0 aromatic rings. The summed E-state index contributed by atoms with van der Waals surface area (Å²) in [5.74, 6) is 0. The average molecular weight is 95.0 g/mol. The molecule has 3 radical (unpaired) electrons. The third-order valence-corrected chi connectivity index (χ3v) is 0.500. The van der Waals surface area contributed by atoms with Crippen LogP contribution >= 0.6 is 0 Å². The van der Waals surface area contributed by atoms with Crippen LogP contribution in [0.1, 0.15) is 6.92 Å². The van der Waals surface area contributed by atoms with Gasteiger partial charge in [-0.1, -0.05) is 0 Å². The maximum absolute atomic E-state index is 4.46. The molecule has 0 amide bonds. The molecule has 0 saturated carbocycles. The van der Waals surface area contributed by atoms with E-state index in [-0.39, 0.29) is 29.6 Å². The second-order valence-corrected chi connectivity index (χ2v) is 0.789. The minimum Gasteiger partial charge on any atom is -0.516 e. The molecular weight excluding hydrogens is 90.0 g/mol. The Morgan fingerprint density at radius 1 is 1.80 bits per heavy atom. The van der Waals surface area contributed by atoms with Crippen molar-refractivity contribution in [2.45, 2.75) is 6.92 Å². The number of hydrogen-bond acceptors (Lipinski definition) is 1. The van der Waals surface area contributed by atoms with Gasteiger partial charge in [0.05, 0.1) is 0 Å². The van der Waals surface area contributed by atoms with Crippen LogP contribution in [0.4, 0.5) is 0 Å². The summed E-state index contributed by atoms with van der Waals surface area (Å²) >= 11 is 2.16. The predicted octanol–water partition coefficient (Wildman–Crippen LogP) is -0.274. The Morgan fingerprint density at radius 2 is 2.00 bits per heavy atom. The molecule has 0 aliphatic heterocycles. The van der Waals surface area contributed by atoms with Crippen LogP contribution in [0.2, 0.25) is 0 Å². The maximum atomic E-state index is 4.46. The van der Waals surface area contributed by atoms with Crippen molar-refractivity contribution in [2.24, 2.45) is 0 Å². The van der Waals surface area contributed by atoms with Crippen LogP contribution in [0.3, 0.4) is 0 Å². The van der Waals surface area contributed by atoms with Crippen molar-refractivity contribution in [1.29, 1.82) is 0 Å². The van der Waals surface area contributed by atoms with E-state index in [0.717, 1.165) is 6.61 Å². The van der Waals surface area contributed by atoms with Gasteiger partial charge < -0.3 is 3.79 Å². The van der Waals surface area contributed by atoms with Gasteiger partial charge in [-0.2, -0.15) is 0 Å². The molecule has 0 aliphatic rings. The first-order valence-electron chi connectivity index (χ1n) is 1.23. The zero-order valence-electron chi connectivity index (χ0n) is 3.69. The van der Waals surface area contributed by atoms with E-state index in [1.165, 1.54) is 0 Å². The number of rotatable bonds is 1. The SMILES string of the molecule is CC[O][Al].[Na]. The van der Waals surface area contributed by atoms with Gasteiger partial charge in [-0.3, -0.25) is 0 Å². The van der Waals surface area contributed by atoms with Crippen LogP contribution in [0.5, 0.6) is 0 Å². The summed E-state index contributed by atoms with van der Waals surface area (Å²) in [6, 6.07) is 0. The predicted molar refractivity (Wildman–Crippen MR) is 23.1 cm³/mol. The first-order chi connectivity index (χ1) is 1.91. The monoisotopic (exact) mass is 95.0 g/mol. The zero-order chi connectivity index (χ0) is 3.41. The van der Waals surface area contributed by atoms with Gasteiger partial charge >= 0.3 is 16.6 Å². The van der Waals surface area contributed by atoms with Gasteiger partial charge in [-0.05, 0) is 6.92 Å². The third-order valence-electron chi connectivity index (χ3n) is 0.167. The molecule has 0 fully saturated rings. The molecule has 0 spiro atoms. The molecule has 0 bridgehead atoms. The Bertz CT molecular complexity index is 11.6. The summed E-state index contributed by atoms with van der Waals surface area (Å²) in [4.78, 5) is 0. The fourth-order valence-corrected chi connectivity index (χ4v) is 0. The van der Waals surface area contributed by atoms with Crippen LogP contribution in [-0.4, -0.2) is 52.8 Å². The van der Waals surface area contributed by atoms with E-state index >= 15 is 0 Å². The van der Waals surface area contributed by atoms with Crippen LogP contribution < -0.4 is 0 Å². The molecule has 0 atom stereocenters. The van der Waals surface area contributed by atoms with Crippen molar-refractivity contribution >= 4 is 46.2 Å². The molecule has 0 aromatic heterocycles. The number of hydrogen-bond donors (Lipinski definition) is 0. The van der Waals surface area contributed by atoms with Crippen molar-refractivity contribution in [2.75, 3.05) is 6.61 Å². The topological polar surface area (TPSA) is 9.23 Å². The van der Waals surface area contributed by atoms with Crippen LogP contribution in [0, 0.1) is 0 Å². The third kappa shape index (κ3) is 10.8. The van der Waals surface area contributed by atoms with Gasteiger partial charge in [0, 0.05) is 36.2 Å². The standard InChI is InChI=1S/C2H5O.Al.Na/c1-2-3;;/h2H2,1H3;;/q-1;+1;. The molecular formula is C2H5AlNaO. The minimum absolute atomic E-state index is 0. The van der Waals surface area contributed by atoms with Gasteiger partial charge in [0.25, 0.3) is 0 Å². The summed E-state index contributed by atoms with van der Waals surface area (Å²) in [6.07, 6.45) is 0. The van der Waals surface area contributed by atoms with E-state index in [1.807, 2.05) is 6.92 Å². The van der Waals surface area contributed by atoms with Crippen molar-refractivity contribution < 1.29 is 3.79 Å². The Kier molecular flexibility index (Phi) is 17.6. The van der Waals surface area contributed by atoms with E-state index < -0.39 is 0 Å². The largest absolute Gasteiger partial charge is 0.516 e. The molecule has 0 unspecified atom stereocenters. The van der Waals surface area contributed by atoms with Gasteiger partial charge in [-0.15, -0.1) is 0 Å².